The molecule has 1 aliphatic rings. The first kappa shape index (κ1) is 21.0. The highest BCUT2D eigenvalue weighted by atomic mass is 35.5. The summed E-state index contributed by atoms with van der Waals surface area (Å²) in [6.07, 6.45) is 5.67. The summed E-state index contributed by atoms with van der Waals surface area (Å²) in [5.41, 5.74) is 0.338. The smallest absolute Gasteiger partial charge is 0.248 e. The summed E-state index contributed by atoms with van der Waals surface area (Å²) in [4.78, 5) is 13.1. The lowest BCUT2D eigenvalue weighted by molar-refractivity contribution is -0.132. The second-order valence-electron chi connectivity index (χ2n) is 6.55. The molecule has 3 rings (SSSR count). The molecule has 1 atom stereocenters. The number of nitrogens with zero attached hydrogens (tertiary/aromatic N) is 2. The number of benzene rings is 1. The summed E-state index contributed by atoms with van der Waals surface area (Å²) < 4.78 is 1.80. The standard InChI is InChI=1S/C18H22Cl2N4O.ClH/c1-13(11-14-3-4-15(19)12-16(14)20)23-17(25)18(5-8-21-9-6-18)24-10-2-7-22-24;/h2-4,7,10,12-13,21H,5-6,8-9,11H2,1H3,(H,23,25);1H. The molecule has 1 aromatic heterocycles. The summed E-state index contributed by atoms with van der Waals surface area (Å²) in [6, 6.07) is 7.25. The van der Waals surface area contributed by atoms with Gasteiger partial charge in [-0.1, -0.05) is 29.3 Å². The molecule has 0 bridgehead atoms. The zero-order valence-corrected chi connectivity index (χ0v) is 16.9. The molecular formula is C18H23Cl3N4O. The van der Waals surface area contributed by atoms with E-state index >= 15 is 0 Å². The van der Waals surface area contributed by atoms with Gasteiger partial charge in [-0.25, -0.2) is 0 Å². The molecule has 1 fully saturated rings. The van der Waals surface area contributed by atoms with Crippen molar-refractivity contribution in [1.29, 1.82) is 0 Å². The first-order chi connectivity index (χ1) is 12.0. The molecule has 0 radical (unpaired) electrons. The molecule has 2 aromatic rings. The largest absolute Gasteiger partial charge is 0.351 e. The Hall–Kier alpha value is -1.27. The zero-order valence-electron chi connectivity index (χ0n) is 14.5. The molecule has 5 nitrogen and oxygen atoms in total. The van der Waals surface area contributed by atoms with Gasteiger partial charge in [0.2, 0.25) is 5.91 Å². The van der Waals surface area contributed by atoms with Gasteiger partial charge in [-0.15, -0.1) is 12.4 Å². The van der Waals surface area contributed by atoms with Gasteiger partial charge < -0.3 is 10.6 Å². The van der Waals surface area contributed by atoms with Gasteiger partial charge >= 0.3 is 0 Å². The van der Waals surface area contributed by atoms with Crippen molar-refractivity contribution >= 4 is 41.5 Å². The van der Waals surface area contributed by atoms with Crippen LogP contribution >= 0.6 is 35.6 Å². The molecule has 2 heterocycles. The fourth-order valence-electron chi connectivity index (χ4n) is 3.35. The van der Waals surface area contributed by atoms with Crippen molar-refractivity contribution in [3.05, 3.63) is 52.3 Å². The Balaban J connectivity index is 0.00000243. The van der Waals surface area contributed by atoms with Gasteiger partial charge in [0.1, 0.15) is 5.54 Å². The van der Waals surface area contributed by atoms with Crippen LogP contribution in [0.25, 0.3) is 0 Å². The molecule has 1 saturated heterocycles. The zero-order chi connectivity index (χ0) is 17.9. The predicted octanol–water partition coefficient (Wildman–Crippen LogP) is 3.44. The second-order valence-corrected chi connectivity index (χ2v) is 7.39. The van der Waals surface area contributed by atoms with Crippen LogP contribution in [0, 0.1) is 0 Å². The number of nitrogens with one attached hydrogen (secondary N) is 2. The molecule has 0 spiro atoms. The van der Waals surface area contributed by atoms with Crippen LogP contribution in [0.2, 0.25) is 10.0 Å². The number of hydrogen-bond acceptors (Lipinski definition) is 3. The molecule has 0 saturated carbocycles. The van der Waals surface area contributed by atoms with E-state index in [1.165, 1.54) is 0 Å². The SMILES string of the molecule is CC(Cc1ccc(Cl)cc1Cl)NC(=O)C1(n2cccn2)CCNCC1.Cl. The summed E-state index contributed by atoms with van der Waals surface area (Å²) in [5, 5.41) is 12.0. The first-order valence-electron chi connectivity index (χ1n) is 8.47. The predicted molar refractivity (Wildman–Crippen MR) is 107 cm³/mol. The van der Waals surface area contributed by atoms with Crippen LogP contribution in [0.15, 0.2) is 36.7 Å². The maximum absolute atomic E-state index is 13.1. The number of halogens is 3. The molecular weight excluding hydrogens is 395 g/mol. The van der Waals surface area contributed by atoms with Crippen molar-refractivity contribution in [3.63, 3.8) is 0 Å². The van der Waals surface area contributed by atoms with Gasteiger partial charge in [0, 0.05) is 28.5 Å². The topological polar surface area (TPSA) is 59.0 Å². The molecule has 1 aliphatic heterocycles. The maximum atomic E-state index is 13.1. The number of aromatic nitrogens is 2. The average molecular weight is 418 g/mol. The Morgan fingerprint density at radius 2 is 2.12 bits per heavy atom. The Morgan fingerprint density at radius 1 is 1.38 bits per heavy atom. The fourth-order valence-corrected chi connectivity index (χ4v) is 3.83. The lowest BCUT2D eigenvalue weighted by atomic mass is 9.87. The van der Waals surface area contributed by atoms with E-state index < -0.39 is 5.54 Å². The highest BCUT2D eigenvalue weighted by Gasteiger charge is 2.42. The van der Waals surface area contributed by atoms with E-state index in [0.29, 0.717) is 16.5 Å². The molecule has 0 aliphatic carbocycles. The summed E-state index contributed by atoms with van der Waals surface area (Å²) in [7, 11) is 0. The number of carbonyl (C=O) groups is 1. The second kappa shape index (κ2) is 9.09. The Kier molecular flexibility index (Phi) is 7.35. The third-order valence-electron chi connectivity index (χ3n) is 4.72. The van der Waals surface area contributed by atoms with Crippen LogP contribution in [0.4, 0.5) is 0 Å². The molecule has 8 heteroatoms. The number of amides is 1. The van der Waals surface area contributed by atoms with E-state index in [1.54, 1.807) is 16.9 Å². The molecule has 1 amide bonds. The van der Waals surface area contributed by atoms with Crippen molar-refractivity contribution in [2.45, 2.75) is 37.8 Å². The lowest BCUT2D eigenvalue weighted by Gasteiger charge is -2.37. The quantitative estimate of drug-likeness (QED) is 0.783. The van der Waals surface area contributed by atoms with Crippen LogP contribution in [-0.2, 0) is 16.8 Å². The number of hydrogen-bond donors (Lipinski definition) is 2. The van der Waals surface area contributed by atoms with Crippen molar-refractivity contribution in [2.24, 2.45) is 0 Å². The first-order valence-corrected chi connectivity index (χ1v) is 9.22. The normalized spacial score (nSPS) is 17.2. The van der Waals surface area contributed by atoms with Crippen molar-refractivity contribution in [1.82, 2.24) is 20.4 Å². The fraction of sp³-hybridized carbons (Fsp3) is 0.444. The van der Waals surface area contributed by atoms with Gasteiger partial charge in [-0.05, 0) is 63.0 Å². The van der Waals surface area contributed by atoms with E-state index in [1.807, 2.05) is 31.3 Å². The van der Waals surface area contributed by atoms with Crippen molar-refractivity contribution in [3.8, 4) is 0 Å². The van der Waals surface area contributed by atoms with Gasteiger partial charge in [-0.2, -0.15) is 5.10 Å². The third-order valence-corrected chi connectivity index (χ3v) is 5.30. The minimum Gasteiger partial charge on any atom is -0.351 e. The van der Waals surface area contributed by atoms with Crippen LogP contribution < -0.4 is 10.6 Å². The van der Waals surface area contributed by atoms with Crippen LogP contribution in [-0.4, -0.2) is 34.8 Å². The van der Waals surface area contributed by atoms with Crippen molar-refractivity contribution < 1.29 is 4.79 Å². The van der Waals surface area contributed by atoms with Gasteiger partial charge in [0.15, 0.2) is 0 Å². The summed E-state index contributed by atoms with van der Waals surface area (Å²) >= 11 is 12.2. The van der Waals surface area contributed by atoms with Crippen molar-refractivity contribution in [2.75, 3.05) is 13.1 Å². The van der Waals surface area contributed by atoms with Crippen LogP contribution in [0.3, 0.4) is 0 Å². The monoisotopic (exact) mass is 416 g/mol. The van der Waals surface area contributed by atoms with Gasteiger partial charge in [0.05, 0.1) is 0 Å². The van der Waals surface area contributed by atoms with E-state index in [9.17, 15) is 4.79 Å². The van der Waals surface area contributed by atoms with E-state index in [2.05, 4.69) is 15.7 Å². The van der Waals surface area contributed by atoms with E-state index in [0.717, 1.165) is 31.5 Å². The number of piperidine rings is 1. The van der Waals surface area contributed by atoms with E-state index in [4.69, 9.17) is 23.2 Å². The highest BCUT2D eigenvalue weighted by molar-refractivity contribution is 6.35. The summed E-state index contributed by atoms with van der Waals surface area (Å²) in [5.74, 6) is 0.00952. The lowest BCUT2D eigenvalue weighted by Crippen LogP contribution is -2.56. The average Bonchev–Trinajstić information content (AvgIpc) is 3.13. The van der Waals surface area contributed by atoms with Gasteiger partial charge in [-0.3, -0.25) is 9.48 Å². The Morgan fingerprint density at radius 3 is 2.73 bits per heavy atom. The van der Waals surface area contributed by atoms with Gasteiger partial charge in [0.25, 0.3) is 0 Å². The van der Waals surface area contributed by atoms with E-state index in [-0.39, 0.29) is 24.4 Å². The summed E-state index contributed by atoms with van der Waals surface area (Å²) in [6.45, 7) is 3.58. The molecule has 1 aromatic carbocycles. The number of rotatable bonds is 5. The molecule has 2 N–H and O–H groups in total. The Bertz CT molecular complexity index is 730. The molecule has 26 heavy (non-hydrogen) atoms. The number of carbonyl (C=O) groups excluding carboxylic acids is 1. The Labute approximate surface area is 169 Å². The highest BCUT2D eigenvalue weighted by Crippen LogP contribution is 2.28. The molecule has 1 unspecified atom stereocenters. The van der Waals surface area contributed by atoms with Crippen LogP contribution in [0.5, 0.6) is 0 Å². The minimum atomic E-state index is -0.632. The van der Waals surface area contributed by atoms with Crippen LogP contribution in [0.1, 0.15) is 25.3 Å². The maximum Gasteiger partial charge on any atom is 0.248 e. The molecule has 142 valence electrons. The third kappa shape index (κ3) is 4.52. The minimum absolute atomic E-state index is 0.